The number of aromatic nitrogens is 3. The summed E-state index contributed by atoms with van der Waals surface area (Å²) in [6.45, 7) is 2.05. The molecule has 0 aliphatic heterocycles. The first-order valence-electron chi connectivity index (χ1n) is 8.71. The molecule has 4 aromatic rings. The fourth-order valence-electron chi connectivity index (χ4n) is 2.80. The summed E-state index contributed by atoms with van der Waals surface area (Å²) in [6, 6.07) is 22.0. The van der Waals surface area contributed by atoms with Gasteiger partial charge in [-0.1, -0.05) is 36.4 Å². The van der Waals surface area contributed by atoms with Gasteiger partial charge in [-0.15, -0.1) is 0 Å². The Morgan fingerprint density at radius 3 is 2.44 bits per heavy atom. The molecule has 4 rings (SSSR count). The molecule has 0 bridgehead atoms. The van der Waals surface area contributed by atoms with Crippen LogP contribution in [0.3, 0.4) is 0 Å². The number of para-hydroxylation sites is 2. The van der Waals surface area contributed by atoms with Crippen LogP contribution in [0, 0.1) is 6.92 Å². The van der Waals surface area contributed by atoms with E-state index < -0.39 is 0 Å². The van der Waals surface area contributed by atoms with Crippen LogP contribution < -0.4 is 5.43 Å². The Morgan fingerprint density at radius 1 is 0.926 bits per heavy atom. The SMILES string of the molecule is Cc1ccccc1N/N=C\c1cn(-c2ccccc2)nc1-c1ccncc1. The highest BCUT2D eigenvalue weighted by molar-refractivity contribution is 5.89. The molecule has 0 aliphatic rings. The molecular formula is C22H19N5. The molecule has 132 valence electrons. The third-order valence-electron chi connectivity index (χ3n) is 4.25. The maximum Gasteiger partial charge on any atom is 0.102 e. The summed E-state index contributed by atoms with van der Waals surface area (Å²) in [5.41, 5.74) is 9.01. The van der Waals surface area contributed by atoms with E-state index >= 15 is 0 Å². The van der Waals surface area contributed by atoms with Gasteiger partial charge in [0.1, 0.15) is 5.69 Å². The van der Waals surface area contributed by atoms with E-state index in [1.807, 2.05) is 84.5 Å². The van der Waals surface area contributed by atoms with Crippen LogP contribution in [0.5, 0.6) is 0 Å². The molecule has 2 aromatic carbocycles. The molecule has 1 N–H and O–H groups in total. The third-order valence-corrected chi connectivity index (χ3v) is 4.25. The Balaban J connectivity index is 1.69. The van der Waals surface area contributed by atoms with Crippen LogP contribution in [0.2, 0.25) is 0 Å². The number of anilines is 1. The number of rotatable bonds is 5. The lowest BCUT2D eigenvalue weighted by atomic mass is 10.1. The second-order valence-electron chi connectivity index (χ2n) is 6.13. The predicted molar refractivity (Wildman–Crippen MR) is 109 cm³/mol. The Labute approximate surface area is 158 Å². The van der Waals surface area contributed by atoms with Crippen molar-refractivity contribution in [3.05, 3.63) is 96.4 Å². The fourth-order valence-corrected chi connectivity index (χ4v) is 2.80. The summed E-state index contributed by atoms with van der Waals surface area (Å²) in [4.78, 5) is 4.10. The molecule has 0 fully saturated rings. The Hall–Kier alpha value is -3.73. The molecule has 27 heavy (non-hydrogen) atoms. The molecule has 0 saturated heterocycles. The van der Waals surface area contributed by atoms with Crippen molar-refractivity contribution >= 4 is 11.9 Å². The quantitative estimate of drug-likeness (QED) is 0.418. The van der Waals surface area contributed by atoms with Gasteiger partial charge in [-0.3, -0.25) is 10.4 Å². The topological polar surface area (TPSA) is 55.1 Å². The van der Waals surface area contributed by atoms with E-state index in [-0.39, 0.29) is 0 Å². The minimum Gasteiger partial charge on any atom is -0.278 e. The van der Waals surface area contributed by atoms with Crippen molar-refractivity contribution in [2.24, 2.45) is 5.10 Å². The van der Waals surface area contributed by atoms with Gasteiger partial charge in [0.05, 0.1) is 17.6 Å². The van der Waals surface area contributed by atoms with E-state index in [4.69, 9.17) is 5.10 Å². The average Bonchev–Trinajstić information content (AvgIpc) is 3.15. The van der Waals surface area contributed by atoms with E-state index in [9.17, 15) is 0 Å². The van der Waals surface area contributed by atoms with Gasteiger partial charge in [0.15, 0.2) is 0 Å². The molecular weight excluding hydrogens is 334 g/mol. The van der Waals surface area contributed by atoms with Crippen LogP contribution in [0.4, 0.5) is 5.69 Å². The maximum atomic E-state index is 4.76. The zero-order valence-corrected chi connectivity index (χ0v) is 14.9. The van der Waals surface area contributed by atoms with E-state index in [0.29, 0.717) is 0 Å². The molecule has 0 unspecified atom stereocenters. The summed E-state index contributed by atoms with van der Waals surface area (Å²) in [6.07, 6.45) is 7.31. The van der Waals surface area contributed by atoms with Crippen molar-refractivity contribution in [3.63, 3.8) is 0 Å². The van der Waals surface area contributed by atoms with Crippen LogP contribution in [-0.4, -0.2) is 21.0 Å². The van der Waals surface area contributed by atoms with E-state index in [1.165, 1.54) is 0 Å². The van der Waals surface area contributed by atoms with Gasteiger partial charge < -0.3 is 0 Å². The van der Waals surface area contributed by atoms with Gasteiger partial charge in [0, 0.05) is 29.7 Å². The Morgan fingerprint density at radius 2 is 1.67 bits per heavy atom. The molecule has 5 heteroatoms. The number of nitrogens with one attached hydrogen (secondary N) is 1. The number of benzene rings is 2. The molecule has 2 heterocycles. The minimum absolute atomic E-state index is 0.858. The normalized spacial score (nSPS) is 11.0. The van der Waals surface area contributed by atoms with Gasteiger partial charge in [0.25, 0.3) is 0 Å². The first kappa shape index (κ1) is 16.7. The van der Waals surface area contributed by atoms with Crippen LogP contribution in [-0.2, 0) is 0 Å². The van der Waals surface area contributed by atoms with Crippen molar-refractivity contribution < 1.29 is 0 Å². The molecule has 0 spiro atoms. The molecule has 0 radical (unpaired) electrons. The van der Waals surface area contributed by atoms with Crippen molar-refractivity contribution in [3.8, 4) is 16.9 Å². The zero-order valence-electron chi connectivity index (χ0n) is 14.9. The molecule has 2 aromatic heterocycles. The molecule has 0 saturated carbocycles. The van der Waals surface area contributed by atoms with Gasteiger partial charge in [-0.2, -0.15) is 10.2 Å². The first-order valence-corrected chi connectivity index (χ1v) is 8.71. The number of pyridine rings is 1. The number of hydrogen-bond donors (Lipinski definition) is 1. The standard InChI is InChI=1S/C22H19N5/c1-17-7-5-6-10-21(17)25-24-15-19-16-27(20-8-3-2-4-9-20)26-22(19)18-11-13-23-14-12-18/h2-16,25H,1H3/b24-15-. The fraction of sp³-hybridized carbons (Fsp3) is 0.0455. The summed E-state index contributed by atoms with van der Waals surface area (Å²) >= 11 is 0. The summed E-state index contributed by atoms with van der Waals surface area (Å²) in [5, 5.41) is 9.19. The Bertz CT molecular complexity index is 1050. The first-order chi connectivity index (χ1) is 13.3. The number of hydrazone groups is 1. The number of aryl methyl sites for hydroxylation is 1. The van der Waals surface area contributed by atoms with Gasteiger partial charge >= 0.3 is 0 Å². The van der Waals surface area contributed by atoms with Crippen molar-refractivity contribution in [1.29, 1.82) is 0 Å². The van der Waals surface area contributed by atoms with Crippen LogP contribution in [0.1, 0.15) is 11.1 Å². The lowest BCUT2D eigenvalue weighted by Gasteiger charge is -2.03. The van der Waals surface area contributed by atoms with E-state index in [0.717, 1.165) is 33.8 Å². The summed E-state index contributed by atoms with van der Waals surface area (Å²) in [5.74, 6) is 0. The third kappa shape index (κ3) is 3.77. The average molecular weight is 353 g/mol. The van der Waals surface area contributed by atoms with Gasteiger partial charge in [-0.25, -0.2) is 4.68 Å². The monoisotopic (exact) mass is 353 g/mol. The predicted octanol–water partition coefficient (Wildman–Crippen LogP) is 4.69. The molecule has 0 aliphatic carbocycles. The largest absolute Gasteiger partial charge is 0.278 e. The van der Waals surface area contributed by atoms with Crippen LogP contribution in [0.15, 0.2) is 90.4 Å². The van der Waals surface area contributed by atoms with Crippen LogP contribution in [0.25, 0.3) is 16.9 Å². The maximum absolute atomic E-state index is 4.76. The van der Waals surface area contributed by atoms with Crippen molar-refractivity contribution in [1.82, 2.24) is 14.8 Å². The lowest BCUT2D eigenvalue weighted by molar-refractivity contribution is 0.884. The Kier molecular flexibility index (Phi) is 4.74. The van der Waals surface area contributed by atoms with Crippen molar-refractivity contribution in [2.45, 2.75) is 6.92 Å². The second-order valence-corrected chi connectivity index (χ2v) is 6.13. The van der Waals surface area contributed by atoms with Gasteiger partial charge in [0.2, 0.25) is 0 Å². The minimum atomic E-state index is 0.858. The molecule has 0 amide bonds. The number of nitrogens with zero attached hydrogens (tertiary/aromatic N) is 4. The second kappa shape index (κ2) is 7.66. The molecule has 5 nitrogen and oxygen atoms in total. The molecule has 0 atom stereocenters. The van der Waals surface area contributed by atoms with Gasteiger partial charge in [-0.05, 0) is 42.8 Å². The number of hydrogen-bond acceptors (Lipinski definition) is 4. The van der Waals surface area contributed by atoms with Crippen molar-refractivity contribution in [2.75, 3.05) is 5.43 Å². The van der Waals surface area contributed by atoms with E-state index in [2.05, 4.69) is 15.5 Å². The van der Waals surface area contributed by atoms with Crippen LogP contribution >= 0.6 is 0 Å². The lowest BCUT2D eigenvalue weighted by Crippen LogP contribution is -1.93. The van der Waals surface area contributed by atoms with E-state index in [1.54, 1.807) is 18.6 Å². The highest BCUT2D eigenvalue weighted by atomic mass is 15.3. The highest BCUT2D eigenvalue weighted by Crippen LogP contribution is 2.22. The smallest absolute Gasteiger partial charge is 0.102 e. The summed E-state index contributed by atoms with van der Waals surface area (Å²) < 4.78 is 1.87. The summed E-state index contributed by atoms with van der Waals surface area (Å²) in [7, 11) is 0. The zero-order chi connectivity index (χ0) is 18.5. The highest BCUT2D eigenvalue weighted by Gasteiger charge is 2.11.